The van der Waals surface area contributed by atoms with Crippen molar-refractivity contribution in [3.63, 3.8) is 0 Å². The Bertz CT molecular complexity index is 419. The quantitative estimate of drug-likeness (QED) is 0.750. The van der Waals surface area contributed by atoms with Gasteiger partial charge in [-0.15, -0.1) is 0 Å². The highest BCUT2D eigenvalue weighted by Crippen LogP contribution is 2.40. The first-order valence-electron chi connectivity index (χ1n) is 6.31. The lowest BCUT2D eigenvalue weighted by molar-refractivity contribution is 0.161. The van der Waals surface area contributed by atoms with Crippen LogP contribution < -0.4 is 0 Å². The van der Waals surface area contributed by atoms with E-state index >= 15 is 0 Å². The Morgan fingerprint density at radius 2 is 2.06 bits per heavy atom. The Morgan fingerprint density at radius 3 is 2.81 bits per heavy atom. The molecule has 16 heavy (non-hydrogen) atoms. The van der Waals surface area contributed by atoms with Gasteiger partial charge in [0.15, 0.2) is 0 Å². The molecule has 0 aromatic heterocycles. The van der Waals surface area contributed by atoms with Crippen LogP contribution in [0.4, 0.5) is 0 Å². The molecule has 2 atom stereocenters. The van der Waals surface area contributed by atoms with Crippen molar-refractivity contribution in [2.24, 2.45) is 0 Å². The van der Waals surface area contributed by atoms with Gasteiger partial charge in [0, 0.05) is 5.92 Å². The average Bonchev–Trinajstić information content (AvgIpc) is 2.32. The fourth-order valence-electron chi connectivity index (χ4n) is 2.97. The monoisotopic (exact) mass is 214 g/mol. The molecular formula is C15H18O. The van der Waals surface area contributed by atoms with Crippen LogP contribution in [-0.4, -0.2) is 11.2 Å². The molecule has 1 heteroatoms. The number of rotatable bonds is 2. The van der Waals surface area contributed by atoms with Gasteiger partial charge in [0.25, 0.3) is 0 Å². The topological polar surface area (TPSA) is 20.2 Å². The van der Waals surface area contributed by atoms with E-state index in [0.717, 1.165) is 19.3 Å². The third kappa shape index (κ3) is 1.60. The Hall–Kier alpha value is -1.08. The second-order valence-electron chi connectivity index (χ2n) is 4.98. The average molecular weight is 214 g/mol. The molecule has 1 nitrogen and oxygen atoms in total. The van der Waals surface area contributed by atoms with Crippen molar-refractivity contribution in [1.82, 2.24) is 0 Å². The number of aliphatic hydroxyl groups excluding tert-OH is 1. The number of hydrogen-bond acceptors (Lipinski definition) is 1. The molecule has 0 heterocycles. The highest BCUT2D eigenvalue weighted by Gasteiger charge is 2.33. The van der Waals surface area contributed by atoms with Crippen LogP contribution >= 0.6 is 0 Å². The minimum Gasteiger partial charge on any atom is -0.388 e. The molecule has 2 unspecified atom stereocenters. The highest BCUT2D eigenvalue weighted by atomic mass is 16.3. The third-order valence-electron chi connectivity index (χ3n) is 3.98. The summed E-state index contributed by atoms with van der Waals surface area (Å²) in [5, 5.41) is 10.4. The van der Waals surface area contributed by atoms with Crippen molar-refractivity contribution in [2.75, 3.05) is 0 Å². The predicted octanol–water partition coefficient (Wildman–Crippen LogP) is 3.19. The first-order valence-corrected chi connectivity index (χ1v) is 6.31. The first-order chi connectivity index (χ1) is 7.86. The Labute approximate surface area is 96.8 Å². The van der Waals surface area contributed by atoms with Gasteiger partial charge < -0.3 is 5.11 Å². The van der Waals surface area contributed by atoms with Crippen LogP contribution in [0.5, 0.6) is 0 Å². The SMILES string of the molecule is OC(C1=CCCCC1)C1Cc2ccccc21. The lowest BCUT2D eigenvalue weighted by Gasteiger charge is -2.35. The molecule has 0 saturated carbocycles. The molecule has 0 radical (unpaired) electrons. The minimum absolute atomic E-state index is 0.227. The van der Waals surface area contributed by atoms with Crippen LogP contribution in [-0.2, 0) is 6.42 Å². The zero-order chi connectivity index (χ0) is 11.0. The van der Waals surface area contributed by atoms with E-state index in [2.05, 4.69) is 30.3 Å². The zero-order valence-corrected chi connectivity index (χ0v) is 9.52. The van der Waals surface area contributed by atoms with Crippen LogP contribution in [0.15, 0.2) is 35.9 Å². The standard InChI is InChI=1S/C15H18O/c16-15(11-6-2-1-3-7-11)14-10-12-8-4-5-9-13(12)14/h4-6,8-9,14-16H,1-3,7,10H2. The molecule has 1 aromatic carbocycles. The second-order valence-corrected chi connectivity index (χ2v) is 4.98. The smallest absolute Gasteiger partial charge is 0.0821 e. The van der Waals surface area contributed by atoms with E-state index in [1.165, 1.54) is 29.5 Å². The highest BCUT2D eigenvalue weighted by molar-refractivity contribution is 5.42. The summed E-state index contributed by atoms with van der Waals surface area (Å²) in [6, 6.07) is 8.50. The van der Waals surface area contributed by atoms with E-state index in [-0.39, 0.29) is 6.10 Å². The third-order valence-corrected chi connectivity index (χ3v) is 3.98. The van der Waals surface area contributed by atoms with Crippen LogP contribution in [0.2, 0.25) is 0 Å². The molecule has 84 valence electrons. The maximum absolute atomic E-state index is 10.4. The van der Waals surface area contributed by atoms with Gasteiger partial charge in [-0.25, -0.2) is 0 Å². The lowest BCUT2D eigenvalue weighted by Crippen LogP contribution is -2.30. The summed E-state index contributed by atoms with van der Waals surface area (Å²) >= 11 is 0. The number of fused-ring (bicyclic) bond motifs is 1. The van der Waals surface area contributed by atoms with Crippen molar-refractivity contribution in [2.45, 2.75) is 44.1 Å². The van der Waals surface area contributed by atoms with Gasteiger partial charge in [-0.2, -0.15) is 0 Å². The van der Waals surface area contributed by atoms with Gasteiger partial charge in [-0.05, 0) is 48.8 Å². The van der Waals surface area contributed by atoms with Crippen molar-refractivity contribution in [3.05, 3.63) is 47.0 Å². The summed E-state index contributed by atoms with van der Waals surface area (Å²) in [4.78, 5) is 0. The maximum Gasteiger partial charge on any atom is 0.0821 e. The Morgan fingerprint density at radius 1 is 1.19 bits per heavy atom. The minimum atomic E-state index is -0.227. The van der Waals surface area contributed by atoms with E-state index in [0.29, 0.717) is 5.92 Å². The molecule has 0 saturated heterocycles. The molecule has 2 aliphatic carbocycles. The summed E-state index contributed by atoms with van der Waals surface area (Å²) in [6.45, 7) is 0. The van der Waals surface area contributed by atoms with Crippen LogP contribution in [0.3, 0.4) is 0 Å². The van der Waals surface area contributed by atoms with Crippen molar-refractivity contribution in [3.8, 4) is 0 Å². The zero-order valence-electron chi connectivity index (χ0n) is 9.52. The lowest BCUT2D eigenvalue weighted by atomic mass is 9.71. The number of allylic oxidation sites excluding steroid dienone is 1. The first kappa shape index (κ1) is 10.1. The maximum atomic E-state index is 10.4. The number of benzene rings is 1. The molecule has 0 bridgehead atoms. The second kappa shape index (κ2) is 4.06. The molecule has 2 aliphatic rings. The van der Waals surface area contributed by atoms with Gasteiger partial charge in [-0.3, -0.25) is 0 Å². The molecule has 0 spiro atoms. The van der Waals surface area contributed by atoms with Crippen molar-refractivity contribution < 1.29 is 5.11 Å². The van der Waals surface area contributed by atoms with Gasteiger partial charge in [0.2, 0.25) is 0 Å². The predicted molar refractivity (Wildman–Crippen MR) is 65.4 cm³/mol. The molecular weight excluding hydrogens is 196 g/mol. The van der Waals surface area contributed by atoms with Crippen LogP contribution in [0, 0.1) is 0 Å². The van der Waals surface area contributed by atoms with Gasteiger partial charge >= 0.3 is 0 Å². The normalized spacial score (nSPS) is 25.3. The van der Waals surface area contributed by atoms with E-state index in [1.807, 2.05) is 0 Å². The molecule has 0 aliphatic heterocycles. The summed E-state index contributed by atoms with van der Waals surface area (Å²) in [5.74, 6) is 0.362. The molecule has 1 N–H and O–H groups in total. The molecule has 3 rings (SSSR count). The van der Waals surface area contributed by atoms with Gasteiger partial charge in [-0.1, -0.05) is 30.3 Å². The Balaban J connectivity index is 1.78. The molecule has 0 amide bonds. The van der Waals surface area contributed by atoms with Gasteiger partial charge in [0.1, 0.15) is 0 Å². The summed E-state index contributed by atoms with van der Waals surface area (Å²) in [7, 11) is 0. The van der Waals surface area contributed by atoms with E-state index < -0.39 is 0 Å². The van der Waals surface area contributed by atoms with E-state index in [1.54, 1.807) is 0 Å². The molecule has 0 fully saturated rings. The fourth-order valence-corrected chi connectivity index (χ4v) is 2.97. The number of hydrogen-bond donors (Lipinski definition) is 1. The van der Waals surface area contributed by atoms with Crippen LogP contribution in [0.1, 0.15) is 42.7 Å². The largest absolute Gasteiger partial charge is 0.388 e. The number of aliphatic hydroxyl groups is 1. The molecule has 1 aromatic rings. The van der Waals surface area contributed by atoms with Gasteiger partial charge in [0.05, 0.1) is 6.10 Å². The van der Waals surface area contributed by atoms with Crippen molar-refractivity contribution >= 4 is 0 Å². The van der Waals surface area contributed by atoms with E-state index in [4.69, 9.17) is 0 Å². The Kier molecular flexibility index (Phi) is 2.56. The summed E-state index contributed by atoms with van der Waals surface area (Å²) < 4.78 is 0. The van der Waals surface area contributed by atoms with Crippen molar-refractivity contribution in [1.29, 1.82) is 0 Å². The fraction of sp³-hybridized carbons (Fsp3) is 0.467. The van der Waals surface area contributed by atoms with Crippen LogP contribution in [0.25, 0.3) is 0 Å². The summed E-state index contributed by atoms with van der Waals surface area (Å²) in [6.07, 6.45) is 7.87. The van der Waals surface area contributed by atoms with E-state index in [9.17, 15) is 5.11 Å². The summed E-state index contributed by atoms with van der Waals surface area (Å²) in [5.41, 5.74) is 4.06.